The number of hydrogen-bond donors (Lipinski definition) is 2. The zero-order valence-electron chi connectivity index (χ0n) is 11.4. The lowest BCUT2D eigenvalue weighted by molar-refractivity contribution is 0.0698. The van der Waals surface area contributed by atoms with Crippen LogP contribution in [0.2, 0.25) is 0 Å². The van der Waals surface area contributed by atoms with E-state index in [9.17, 15) is 9.90 Å². The molecule has 0 saturated carbocycles. The molecule has 2 aromatic carbocycles. The number of methoxy groups -OCH3 is 1. The van der Waals surface area contributed by atoms with Crippen molar-refractivity contribution < 1.29 is 14.6 Å². The van der Waals surface area contributed by atoms with Gasteiger partial charge in [-0.1, -0.05) is 6.07 Å². The summed E-state index contributed by atoms with van der Waals surface area (Å²) in [6.45, 7) is 1.91. The molecule has 0 spiro atoms. The Bertz CT molecular complexity index is 702. The first-order valence-electron chi connectivity index (χ1n) is 6.06. The first-order valence-corrected chi connectivity index (χ1v) is 7.65. The van der Waals surface area contributed by atoms with Gasteiger partial charge in [-0.05, 0) is 62.5 Å². The average molecular weight is 415 g/mol. The van der Waals surface area contributed by atoms with Crippen molar-refractivity contribution in [3.05, 3.63) is 50.4 Å². The van der Waals surface area contributed by atoms with Crippen molar-refractivity contribution >= 4 is 49.2 Å². The quantitative estimate of drug-likeness (QED) is 0.741. The van der Waals surface area contributed by atoms with Crippen LogP contribution in [0.5, 0.6) is 5.75 Å². The van der Waals surface area contributed by atoms with Crippen LogP contribution in [0.25, 0.3) is 0 Å². The number of carbonyl (C=O) groups is 1. The van der Waals surface area contributed by atoms with Gasteiger partial charge < -0.3 is 15.2 Å². The maximum absolute atomic E-state index is 11.3. The third-order valence-corrected chi connectivity index (χ3v) is 4.19. The van der Waals surface area contributed by atoms with E-state index in [1.165, 1.54) is 0 Å². The van der Waals surface area contributed by atoms with E-state index in [4.69, 9.17) is 4.74 Å². The Labute approximate surface area is 139 Å². The minimum atomic E-state index is -0.974. The number of rotatable bonds is 4. The monoisotopic (exact) mass is 413 g/mol. The Morgan fingerprint density at radius 2 is 1.86 bits per heavy atom. The van der Waals surface area contributed by atoms with Gasteiger partial charge in [0.1, 0.15) is 5.75 Å². The number of nitrogens with one attached hydrogen (secondary N) is 1. The predicted octanol–water partition coefficient (Wildman–Crippen LogP) is 4.97. The van der Waals surface area contributed by atoms with E-state index in [1.54, 1.807) is 31.4 Å². The second-order valence-corrected chi connectivity index (χ2v) is 6.15. The fourth-order valence-corrected chi connectivity index (χ4v) is 3.13. The van der Waals surface area contributed by atoms with Crippen LogP contribution >= 0.6 is 31.9 Å². The Hall–Kier alpha value is -1.53. The van der Waals surface area contributed by atoms with Crippen LogP contribution in [-0.4, -0.2) is 18.2 Å². The van der Waals surface area contributed by atoms with Crippen molar-refractivity contribution in [2.75, 3.05) is 12.4 Å². The number of aromatic carboxylic acids is 1. The summed E-state index contributed by atoms with van der Waals surface area (Å²) in [6, 6.07) is 8.79. The molecule has 0 unspecified atom stereocenters. The molecule has 0 aromatic heterocycles. The summed E-state index contributed by atoms with van der Waals surface area (Å²) in [6.07, 6.45) is 0. The molecular formula is C15H13Br2NO3. The molecule has 110 valence electrons. The number of aryl methyl sites for hydroxylation is 1. The van der Waals surface area contributed by atoms with Gasteiger partial charge in [0.2, 0.25) is 0 Å². The van der Waals surface area contributed by atoms with Crippen molar-refractivity contribution in [2.24, 2.45) is 0 Å². The minimum Gasteiger partial charge on any atom is -0.495 e. The highest BCUT2D eigenvalue weighted by Gasteiger charge is 2.13. The highest BCUT2D eigenvalue weighted by Crippen LogP contribution is 2.36. The second kappa shape index (κ2) is 6.49. The lowest BCUT2D eigenvalue weighted by Crippen LogP contribution is -2.03. The number of ether oxygens (including phenoxy) is 1. The van der Waals surface area contributed by atoms with Crippen LogP contribution in [0, 0.1) is 6.92 Å². The molecule has 0 fully saturated rings. The molecule has 2 rings (SSSR count). The largest absolute Gasteiger partial charge is 0.495 e. The number of carboxylic acids is 1. The molecule has 0 bridgehead atoms. The van der Waals surface area contributed by atoms with Crippen molar-refractivity contribution in [2.45, 2.75) is 6.92 Å². The molecule has 2 aromatic rings. The minimum absolute atomic E-state index is 0.217. The van der Waals surface area contributed by atoms with Gasteiger partial charge in [-0.25, -0.2) is 4.79 Å². The highest BCUT2D eigenvalue weighted by atomic mass is 79.9. The molecule has 0 radical (unpaired) electrons. The fourth-order valence-electron chi connectivity index (χ4n) is 1.87. The molecule has 21 heavy (non-hydrogen) atoms. The Balaban J connectivity index is 2.47. The second-order valence-electron chi connectivity index (χ2n) is 4.45. The van der Waals surface area contributed by atoms with E-state index in [1.807, 2.05) is 13.0 Å². The Morgan fingerprint density at radius 1 is 1.14 bits per heavy atom. The molecule has 6 heteroatoms. The molecule has 0 heterocycles. The summed E-state index contributed by atoms with van der Waals surface area (Å²) >= 11 is 6.85. The third kappa shape index (κ3) is 3.57. The lowest BCUT2D eigenvalue weighted by atomic mass is 10.1. The van der Waals surface area contributed by atoms with Gasteiger partial charge in [-0.15, -0.1) is 0 Å². The lowest BCUT2D eigenvalue weighted by Gasteiger charge is -2.14. The van der Waals surface area contributed by atoms with Gasteiger partial charge >= 0.3 is 5.97 Å². The third-order valence-electron chi connectivity index (χ3n) is 2.92. The number of benzene rings is 2. The number of halogens is 2. The molecule has 0 atom stereocenters. The summed E-state index contributed by atoms with van der Waals surface area (Å²) < 4.78 is 6.87. The smallest absolute Gasteiger partial charge is 0.337 e. The van der Waals surface area contributed by atoms with E-state index in [2.05, 4.69) is 37.2 Å². The van der Waals surface area contributed by atoms with Crippen molar-refractivity contribution in [1.29, 1.82) is 0 Å². The molecule has 4 nitrogen and oxygen atoms in total. The topological polar surface area (TPSA) is 58.6 Å². The van der Waals surface area contributed by atoms with Crippen LogP contribution in [0.4, 0.5) is 11.4 Å². The summed E-state index contributed by atoms with van der Waals surface area (Å²) in [5, 5.41) is 12.4. The number of carboxylic acid groups (broad SMARTS) is 1. The van der Waals surface area contributed by atoms with E-state index in [-0.39, 0.29) is 5.56 Å². The summed E-state index contributed by atoms with van der Waals surface area (Å²) in [5.74, 6) is -0.317. The average Bonchev–Trinajstić information content (AvgIpc) is 2.41. The first kappa shape index (κ1) is 15.9. The molecular weight excluding hydrogens is 402 g/mol. The first-order chi connectivity index (χ1) is 9.92. The SMILES string of the molecule is COc1cc(Nc2cc(C)ccc2C(=O)O)c(Br)cc1Br. The summed E-state index contributed by atoms with van der Waals surface area (Å²) in [7, 11) is 1.58. The molecule has 0 amide bonds. The number of anilines is 2. The van der Waals surface area contributed by atoms with Crippen molar-refractivity contribution in [1.82, 2.24) is 0 Å². The van der Waals surface area contributed by atoms with Gasteiger partial charge in [-0.2, -0.15) is 0 Å². The molecule has 0 aliphatic carbocycles. The zero-order chi connectivity index (χ0) is 15.6. The van der Waals surface area contributed by atoms with Gasteiger partial charge in [0, 0.05) is 10.5 Å². The van der Waals surface area contributed by atoms with E-state index in [0.29, 0.717) is 11.4 Å². The fraction of sp³-hybridized carbons (Fsp3) is 0.133. The normalized spacial score (nSPS) is 10.3. The van der Waals surface area contributed by atoms with Crippen molar-refractivity contribution in [3.8, 4) is 5.75 Å². The van der Waals surface area contributed by atoms with Crippen LogP contribution in [0.15, 0.2) is 39.3 Å². The summed E-state index contributed by atoms with van der Waals surface area (Å²) in [5.41, 5.74) is 2.45. The van der Waals surface area contributed by atoms with E-state index >= 15 is 0 Å². The van der Waals surface area contributed by atoms with Crippen LogP contribution in [0.3, 0.4) is 0 Å². The molecule has 2 N–H and O–H groups in total. The Morgan fingerprint density at radius 3 is 2.48 bits per heavy atom. The standard InChI is InChI=1S/C15H13Br2NO3/c1-8-3-4-9(15(19)20)12(5-8)18-13-7-14(21-2)11(17)6-10(13)16/h3-7,18H,1-2H3,(H,19,20). The van der Waals surface area contributed by atoms with Crippen molar-refractivity contribution in [3.63, 3.8) is 0 Å². The van der Waals surface area contributed by atoms with E-state index in [0.717, 1.165) is 20.2 Å². The van der Waals surface area contributed by atoms with Crippen LogP contribution in [0.1, 0.15) is 15.9 Å². The zero-order valence-corrected chi connectivity index (χ0v) is 14.6. The van der Waals surface area contributed by atoms with Gasteiger partial charge in [0.25, 0.3) is 0 Å². The summed E-state index contributed by atoms with van der Waals surface area (Å²) in [4.78, 5) is 11.3. The van der Waals surface area contributed by atoms with Gasteiger partial charge in [0.05, 0.1) is 28.5 Å². The Kier molecular flexibility index (Phi) is 4.90. The molecule has 0 saturated heterocycles. The maximum Gasteiger partial charge on any atom is 0.337 e. The predicted molar refractivity (Wildman–Crippen MR) is 89.8 cm³/mol. The van der Waals surface area contributed by atoms with Crippen LogP contribution in [-0.2, 0) is 0 Å². The highest BCUT2D eigenvalue weighted by molar-refractivity contribution is 9.11. The molecule has 0 aliphatic heterocycles. The van der Waals surface area contributed by atoms with Crippen LogP contribution < -0.4 is 10.1 Å². The molecule has 0 aliphatic rings. The van der Waals surface area contributed by atoms with Gasteiger partial charge in [-0.3, -0.25) is 0 Å². The maximum atomic E-state index is 11.3. The van der Waals surface area contributed by atoms with Gasteiger partial charge in [0.15, 0.2) is 0 Å². The van der Waals surface area contributed by atoms with E-state index < -0.39 is 5.97 Å². The number of hydrogen-bond acceptors (Lipinski definition) is 3.